The number of benzene rings is 1. The summed E-state index contributed by atoms with van der Waals surface area (Å²) in [7, 11) is 0. The average Bonchev–Trinajstić information content (AvgIpc) is 2.29. The molecule has 0 heterocycles. The maximum absolute atomic E-state index is 9.07. The summed E-state index contributed by atoms with van der Waals surface area (Å²) >= 11 is 0. The Morgan fingerprint density at radius 3 is 3.06 bits per heavy atom. The Bertz CT molecular complexity index is 411. The lowest BCUT2D eigenvalue weighted by Gasteiger charge is -2.25. The summed E-state index contributed by atoms with van der Waals surface area (Å²) in [6, 6.07) is 6.24. The second kappa shape index (κ2) is 5.26. The average molecular weight is 231 g/mol. The predicted octanol–water partition coefficient (Wildman–Crippen LogP) is 3.62. The fraction of sp³-hybridized carbons (Fsp3) is 0.467. The fourth-order valence-corrected chi connectivity index (χ4v) is 2.75. The van der Waals surface area contributed by atoms with Gasteiger partial charge in [-0.3, -0.25) is 0 Å². The van der Waals surface area contributed by atoms with Gasteiger partial charge in [-0.2, -0.15) is 0 Å². The molecule has 0 radical (unpaired) electrons. The van der Waals surface area contributed by atoms with Crippen molar-refractivity contribution in [2.75, 3.05) is 5.73 Å². The number of nitrogens with two attached hydrogens (primary N) is 1. The number of hydrogen-bond acceptors (Lipinski definition) is 2. The zero-order chi connectivity index (χ0) is 12.3. The van der Waals surface area contributed by atoms with E-state index in [4.69, 9.17) is 10.8 Å². The van der Waals surface area contributed by atoms with Crippen molar-refractivity contribution in [1.29, 1.82) is 0 Å². The number of rotatable bonds is 4. The maximum atomic E-state index is 9.07. The van der Waals surface area contributed by atoms with Gasteiger partial charge in [-0.25, -0.2) is 0 Å². The third kappa shape index (κ3) is 3.02. The molecule has 1 aromatic carbocycles. The lowest BCUT2D eigenvalue weighted by Crippen LogP contribution is -2.15. The van der Waals surface area contributed by atoms with Crippen LogP contribution in [0.25, 0.3) is 0 Å². The minimum absolute atomic E-state index is 0.311. The molecule has 0 aliphatic heterocycles. The van der Waals surface area contributed by atoms with Gasteiger partial charge in [-0.15, -0.1) is 0 Å². The van der Waals surface area contributed by atoms with Crippen LogP contribution in [0.2, 0.25) is 0 Å². The van der Waals surface area contributed by atoms with E-state index in [1.54, 1.807) is 0 Å². The van der Waals surface area contributed by atoms with E-state index in [0.29, 0.717) is 5.76 Å². The summed E-state index contributed by atoms with van der Waals surface area (Å²) in [5, 5.41) is 9.07. The topological polar surface area (TPSA) is 46.2 Å². The van der Waals surface area contributed by atoms with Crippen LogP contribution >= 0.6 is 0 Å². The standard InChI is InChI=1S/C15H21NO/c1-11(17)4-2-5-12-8-9-14-13(10-12)6-3-7-15(14)16/h3,6-7,12,17H,1-2,4-5,8-10,16H2. The number of fused-ring (bicyclic) bond motifs is 1. The summed E-state index contributed by atoms with van der Waals surface area (Å²) in [6.07, 6.45) is 6.41. The molecule has 2 rings (SSSR count). The Hall–Kier alpha value is -1.44. The van der Waals surface area contributed by atoms with Crippen LogP contribution in [0.3, 0.4) is 0 Å². The number of aliphatic hydroxyl groups is 1. The zero-order valence-corrected chi connectivity index (χ0v) is 10.3. The molecular formula is C15H21NO. The molecule has 0 fully saturated rings. The first kappa shape index (κ1) is 12.0. The zero-order valence-electron chi connectivity index (χ0n) is 10.3. The van der Waals surface area contributed by atoms with Gasteiger partial charge in [0.05, 0.1) is 5.76 Å². The van der Waals surface area contributed by atoms with E-state index in [2.05, 4.69) is 12.6 Å². The van der Waals surface area contributed by atoms with Crippen LogP contribution in [0.5, 0.6) is 0 Å². The first-order valence-electron chi connectivity index (χ1n) is 6.40. The van der Waals surface area contributed by atoms with Gasteiger partial charge in [0, 0.05) is 12.1 Å². The van der Waals surface area contributed by atoms with Gasteiger partial charge in [0.1, 0.15) is 0 Å². The lowest BCUT2D eigenvalue weighted by molar-refractivity contribution is 0.361. The van der Waals surface area contributed by atoms with E-state index in [0.717, 1.165) is 37.3 Å². The van der Waals surface area contributed by atoms with E-state index in [-0.39, 0.29) is 0 Å². The maximum Gasteiger partial charge on any atom is 0.0851 e. The van der Waals surface area contributed by atoms with Crippen molar-refractivity contribution >= 4 is 5.69 Å². The monoisotopic (exact) mass is 231 g/mol. The van der Waals surface area contributed by atoms with Crippen molar-refractivity contribution in [1.82, 2.24) is 0 Å². The molecule has 0 saturated heterocycles. The normalized spacial score (nSPS) is 18.7. The first-order valence-corrected chi connectivity index (χ1v) is 6.40. The van der Waals surface area contributed by atoms with Crippen molar-refractivity contribution in [3.05, 3.63) is 41.7 Å². The Kier molecular flexibility index (Phi) is 3.72. The molecule has 0 saturated carbocycles. The van der Waals surface area contributed by atoms with Crippen molar-refractivity contribution in [3.8, 4) is 0 Å². The number of allylic oxidation sites excluding steroid dienone is 1. The van der Waals surface area contributed by atoms with Crippen molar-refractivity contribution in [2.24, 2.45) is 5.92 Å². The molecule has 0 amide bonds. The minimum Gasteiger partial charge on any atom is -0.513 e. The Morgan fingerprint density at radius 2 is 2.29 bits per heavy atom. The number of hydrogen-bond donors (Lipinski definition) is 2. The van der Waals surface area contributed by atoms with Crippen LogP contribution in [-0.2, 0) is 12.8 Å². The summed E-state index contributed by atoms with van der Waals surface area (Å²) in [6.45, 7) is 3.52. The molecule has 1 aliphatic rings. The molecule has 2 heteroatoms. The Morgan fingerprint density at radius 1 is 1.47 bits per heavy atom. The van der Waals surface area contributed by atoms with Gasteiger partial charge < -0.3 is 10.8 Å². The van der Waals surface area contributed by atoms with Crippen molar-refractivity contribution in [3.63, 3.8) is 0 Å². The first-order chi connectivity index (χ1) is 8.16. The highest BCUT2D eigenvalue weighted by Crippen LogP contribution is 2.31. The van der Waals surface area contributed by atoms with Crippen LogP contribution in [-0.4, -0.2) is 5.11 Å². The summed E-state index contributed by atoms with van der Waals surface area (Å²) in [5.41, 5.74) is 9.71. The largest absolute Gasteiger partial charge is 0.513 e. The van der Waals surface area contributed by atoms with E-state index in [1.165, 1.54) is 24.0 Å². The number of nitrogen functional groups attached to an aromatic ring is 1. The minimum atomic E-state index is 0.311. The molecule has 0 aromatic heterocycles. The van der Waals surface area contributed by atoms with Crippen LogP contribution in [0.4, 0.5) is 5.69 Å². The quantitative estimate of drug-likeness (QED) is 0.614. The molecule has 17 heavy (non-hydrogen) atoms. The van der Waals surface area contributed by atoms with E-state index < -0.39 is 0 Å². The highest BCUT2D eigenvalue weighted by molar-refractivity contribution is 5.51. The molecule has 0 spiro atoms. The van der Waals surface area contributed by atoms with Crippen LogP contribution in [0.1, 0.15) is 36.8 Å². The summed E-state index contributed by atoms with van der Waals surface area (Å²) in [5.74, 6) is 1.05. The van der Waals surface area contributed by atoms with Crippen LogP contribution in [0, 0.1) is 5.92 Å². The van der Waals surface area contributed by atoms with Crippen LogP contribution < -0.4 is 5.73 Å². The molecule has 0 bridgehead atoms. The summed E-state index contributed by atoms with van der Waals surface area (Å²) in [4.78, 5) is 0. The molecular weight excluding hydrogens is 210 g/mol. The van der Waals surface area contributed by atoms with E-state index in [9.17, 15) is 0 Å². The highest BCUT2D eigenvalue weighted by atomic mass is 16.3. The molecule has 1 aliphatic carbocycles. The van der Waals surface area contributed by atoms with Gasteiger partial charge >= 0.3 is 0 Å². The third-order valence-corrected chi connectivity index (χ3v) is 3.70. The smallest absolute Gasteiger partial charge is 0.0851 e. The molecule has 3 N–H and O–H groups in total. The van der Waals surface area contributed by atoms with Gasteiger partial charge in [0.2, 0.25) is 0 Å². The van der Waals surface area contributed by atoms with Gasteiger partial charge in [0.15, 0.2) is 0 Å². The fourth-order valence-electron chi connectivity index (χ4n) is 2.75. The number of aliphatic hydroxyl groups excluding tert-OH is 1. The van der Waals surface area contributed by atoms with E-state index in [1.807, 2.05) is 12.1 Å². The van der Waals surface area contributed by atoms with Crippen molar-refractivity contribution in [2.45, 2.75) is 38.5 Å². The predicted molar refractivity (Wildman–Crippen MR) is 72.0 cm³/mol. The third-order valence-electron chi connectivity index (χ3n) is 3.70. The Balaban J connectivity index is 1.92. The molecule has 92 valence electrons. The second-order valence-corrected chi connectivity index (χ2v) is 5.05. The Labute approximate surface area is 103 Å². The second-order valence-electron chi connectivity index (χ2n) is 5.05. The van der Waals surface area contributed by atoms with Crippen LogP contribution in [0.15, 0.2) is 30.5 Å². The molecule has 1 atom stereocenters. The van der Waals surface area contributed by atoms with Crippen molar-refractivity contribution < 1.29 is 5.11 Å². The SMILES string of the molecule is C=C(O)CCCC1CCc2c(N)cccc2C1. The van der Waals surface area contributed by atoms with E-state index >= 15 is 0 Å². The lowest BCUT2D eigenvalue weighted by atomic mass is 9.81. The summed E-state index contributed by atoms with van der Waals surface area (Å²) < 4.78 is 0. The van der Waals surface area contributed by atoms with Gasteiger partial charge in [-0.1, -0.05) is 18.7 Å². The molecule has 1 unspecified atom stereocenters. The number of anilines is 1. The van der Waals surface area contributed by atoms with Gasteiger partial charge in [0.25, 0.3) is 0 Å². The van der Waals surface area contributed by atoms with Gasteiger partial charge in [-0.05, 0) is 55.2 Å². The molecule has 1 aromatic rings. The highest BCUT2D eigenvalue weighted by Gasteiger charge is 2.19. The molecule has 2 nitrogen and oxygen atoms in total.